The molecule has 0 saturated heterocycles. The summed E-state index contributed by atoms with van der Waals surface area (Å²) in [4.78, 5) is 24.5. The monoisotopic (exact) mass is 338 g/mol. The van der Waals surface area contributed by atoms with Gasteiger partial charge in [-0.2, -0.15) is 0 Å². The van der Waals surface area contributed by atoms with Gasteiger partial charge in [-0.3, -0.25) is 9.59 Å². The summed E-state index contributed by atoms with van der Waals surface area (Å²) in [6, 6.07) is 9.47. The second-order valence-electron chi connectivity index (χ2n) is 4.93. The molecule has 0 amide bonds. The summed E-state index contributed by atoms with van der Waals surface area (Å²) in [5.41, 5.74) is -0.218. The van der Waals surface area contributed by atoms with Crippen molar-refractivity contribution in [2.75, 3.05) is 7.11 Å². The van der Waals surface area contributed by atoms with Gasteiger partial charge in [0, 0.05) is 6.42 Å². The second kappa shape index (κ2) is 7.39. The summed E-state index contributed by atoms with van der Waals surface area (Å²) in [6.45, 7) is 5.35. The molecule has 1 aromatic carbocycles. The Kier molecular flexibility index (Phi) is 6.14. The van der Waals surface area contributed by atoms with E-state index < -0.39 is 11.4 Å². The highest BCUT2D eigenvalue weighted by molar-refractivity contribution is 9.11. The molecule has 1 atom stereocenters. The van der Waals surface area contributed by atoms with Gasteiger partial charge in [0.15, 0.2) is 5.78 Å². The minimum atomic E-state index is -1.15. The molecule has 0 bridgehead atoms. The fraction of sp³-hybridized carbons (Fsp3) is 0.375. The van der Waals surface area contributed by atoms with Crippen LogP contribution in [0.4, 0.5) is 0 Å². The average molecular weight is 339 g/mol. The van der Waals surface area contributed by atoms with E-state index in [0.29, 0.717) is 12.8 Å². The average Bonchev–Trinajstić information content (AvgIpc) is 2.44. The number of hydrogen-bond acceptors (Lipinski definition) is 3. The summed E-state index contributed by atoms with van der Waals surface area (Å²) in [5.74, 6) is -0.625. The van der Waals surface area contributed by atoms with E-state index in [1.807, 2.05) is 30.3 Å². The van der Waals surface area contributed by atoms with E-state index in [1.54, 1.807) is 6.92 Å². The molecule has 0 aliphatic heterocycles. The molecule has 0 fully saturated rings. The summed E-state index contributed by atoms with van der Waals surface area (Å²) >= 11 is 3.23. The fourth-order valence-corrected chi connectivity index (χ4v) is 2.24. The zero-order chi connectivity index (χ0) is 15.2. The number of rotatable bonds is 7. The molecule has 0 aliphatic rings. The zero-order valence-corrected chi connectivity index (χ0v) is 13.4. The molecule has 0 spiro atoms. The maximum Gasteiger partial charge on any atom is 0.319 e. The molecular formula is C16H19BrO3. The fourth-order valence-electron chi connectivity index (χ4n) is 2.04. The van der Waals surface area contributed by atoms with Gasteiger partial charge < -0.3 is 4.74 Å². The lowest BCUT2D eigenvalue weighted by Gasteiger charge is -2.25. The first-order valence-electron chi connectivity index (χ1n) is 6.39. The number of halogens is 1. The number of esters is 1. The summed E-state index contributed by atoms with van der Waals surface area (Å²) < 4.78 is 5.57. The van der Waals surface area contributed by atoms with Gasteiger partial charge in [-0.1, -0.05) is 52.8 Å². The van der Waals surface area contributed by atoms with E-state index in [0.717, 1.165) is 10.0 Å². The quantitative estimate of drug-likeness (QED) is 0.562. The maximum absolute atomic E-state index is 12.4. The first-order chi connectivity index (χ1) is 9.40. The van der Waals surface area contributed by atoms with Gasteiger partial charge in [-0.05, 0) is 29.8 Å². The van der Waals surface area contributed by atoms with Crippen molar-refractivity contribution in [1.82, 2.24) is 0 Å². The molecule has 0 heterocycles. The molecule has 1 rings (SSSR count). The Labute approximate surface area is 128 Å². The molecule has 4 heteroatoms. The van der Waals surface area contributed by atoms with Crippen LogP contribution in [-0.2, 0) is 20.7 Å². The van der Waals surface area contributed by atoms with E-state index in [1.165, 1.54) is 7.11 Å². The minimum absolute atomic E-state index is 0.131. The normalized spacial score (nSPS) is 13.3. The van der Waals surface area contributed by atoms with Crippen LogP contribution in [0.1, 0.15) is 25.3 Å². The van der Waals surface area contributed by atoms with Crippen molar-refractivity contribution in [2.24, 2.45) is 5.41 Å². The Morgan fingerprint density at radius 2 is 1.85 bits per heavy atom. The van der Waals surface area contributed by atoms with Crippen LogP contribution in [0.5, 0.6) is 0 Å². The molecule has 3 nitrogen and oxygen atoms in total. The Morgan fingerprint density at radius 3 is 2.35 bits per heavy atom. The number of methoxy groups -OCH3 is 1. The summed E-state index contributed by atoms with van der Waals surface area (Å²) in [5, 5.41) is 0. The molecular weight excluding hydrogens is 320 g/mol. The van der Waals surface area contributed by atoms with Gasteiger partial charge in [-0.15, -0.1) is 0 Å². The number of carbonyl (C=O) groups excluding carboxylic acids is 2. The molecule has 1 unspecified atom stereocenters. The SMILES string of the molecule is C=C(Br)CCC(=O)C(C)(Cc1ccccc1)C(=O)OC. The number of hydrogen-bond donors (Lipinski definition) is 0. The number of carbonyl (C=O) groups is 2. The Balaban J connectivity index is 2.94. The molecule has 0 radical (unpaired) electrons. The van der Waals surface area contributed by atoms with Crippen molar-refractivity contribution in [3.8, 4) is 0 Å². The predicted molar refractivity (Wildman–Crippen MR) is 82.6 cm³/mol. The van der Waals surface area contributed by atoms with Crippen molar-refractivity contribution in [1.29, 1.82) is 0 Å². The van der Waals surface area contributed by atoms with Crippen molar-refractivity contribution < 1.29 is 14.3 Å². The van der Waals surface area contributed by atoms with Crippen LogP contribution in [0.15, 0.2) is 41.4 Å². The van der Waals surface area contributed by atoms with E-state index in [9.17, 15) is 9.59 Å². The molecule has 0 aromatic heterocycles. The standard InChI is InChI=1S/C16H19BrO3/c1-12(17)9-10-14(18)16(2,15(19)20-3)11-13-7-5-4-6-8-13/h4-8H,1,9-11H2,2-3H3. The van der Waals surface area contributed by atoms with Crippen LogP contribution >= 0.6 is 15.9 Å². The van der Waals surface area contributed by atoms with Crippen LogP contribution in [0.2, 0.25) is 0 Å². The van der Waals surface area contributed by atoms with Crippen LogP contribution in [0.25, 0.3) is 0 Å². The Hall–Kier alpha value is -1.42. The number of ketones is 1. The minimum Gasteiger partial charge on any atom is -0.468 e. The van der Waals surface area contributed by atoms with Gasteiger partial charge in [0.25, 0.3) is 0 Å². The van der Waals surface area contributed by atoms with Gasteiger partial charge >= 0.3 is 5.97 Å². The third kappa shape index (κ3) is 4.30. The van der Waals surface area contributed by atoms with Crippen LogP contribution < -0.4 is 0 Å². The molecule has 0 N–H and O–H groups in total. The van der Waals surface area contributed by atoms with Crippen molar-refractivity contribution in [3.63, 3.8) is 0 Å². The highest BCUT2D eigenvalue weighted by atomic mass is 79.9. The molecule has 20 heavy (non-hydrogen) atoms. The lowest BCUT2D eigenvalue weighted by Crippen LogP contribution is -2.39. The smallest absolute Gasteiger partial charge is 0.319 e. The number of ether oxygens (including phenoxy) is 1. The van der Waals surface area contributed by atoms with Gasteiger partial charge in [-0.25, -0.2) is 0 Å². The summed E-state index contributed by atoms with van der Waals surface area (Å²) in [6.07, 6.45) is 1.12. The van der Waals surface area contributed by atoms with Crippen LogP contribution in [-0.4, -0.2) is 18.9 Å². The second-order valence-corrected chi connectivity index (χ2v) is 6.05. The lowest BCUT2D eigenvalue weighted by atomic mass is 9.78. The molecule has 108 valence electrons. The van der Waals surface area contributed by atoms with Crippen LogP contribution in [0.3, 0.4) is 0 Å². The molecule has 0 aliphatic carbocycles. The first kappa shape index (κ1) is 16.6. The first-order valence-corrected chi connectivity index (χ1v) is 7.18. The van der Waals surface area contributed by atoms with Gasteiger partial charge in [0.05, 0.1) is 7.11 Å². The lowest BCUT2D eigenvalue weighted by molar-refractivity contribution is -0.156. The van der Waals surface area contributed by atoms with Gasteiger partial charge in [0.2, 0.25) is 0 Å². The Bertz CT molecular complexity index is 496. The maximum atomic E-state index is 12.4. The number of benzene rings is 1. The van der Waals surface area contributed by atoms with E-state index in [4.69, 9.17) is 4.74 Å². The van der Waals surface area contributed by atoms with Crippen molar-refractivity contribution >= 4 is 27.7 Å². The predicted octanol–water partition coefficient (Wildman–Crippen LogP) is 3.67. The van der Waals surface area contributed by atoms with Crippen LogP contribution in [0, 0.1) is 5.41 Å². The zero-order valence-electron chi connectivity index (χ0n) is 11.8. The van der Waals surface area contributed by atoms with Crippen molar-refractivity contribution in [3.05, 3.63) is 47.0 Å². The van der Waals surface area contributed by atoms with E-state index in [-0.39, 0.29) is 12.2 Å². The third-order valence-electron chi connectivity index (χ3n) is 3.28. The summed E-state index contributed by atoms with van der Waals surface area (Å²) in [7, 11) is 1.31. The highest BCUT2D eigenvalue weighted by Crippen LogP contribution is 2.28. The molecule has 0 saturated carbocycles. The largest absolute Gasteiger partial charge is 0.468 e. The molecule has 1 aromatic rings. The highest BCUT2D eigenvalue weighted by Gasteiger charge is 2.41. The van der Waals surface area contributed by atoms with Gasteiger partial charge in [0.1, 0.15) is 5.41 Å². The number of allylic oxidation sites excluding steroid dienone is 1. The number of Topliss-reactive ketones (excluding diaryl/α,β-unsaturated/α-hetero) is 1. The van der Waals surface area contributed by atoms with E-state index in [2.05, 4.69) is 22.5 Å². The van der Waals surface area contributed by atoms with E-state index >= 15 is 0 Å². The third-order valence-corrected chi connectivity index (χ3v) is 3.67. The Morgan fingerprint density at radius 1 is 1.25 bits per heavy atom. The van der Waals surface area contributed by atoms with Crippen molar-refractivity contribution in [2.45, 2.75) is 26.2 Å². The topological polar surface area (TPSA) is 43.4 Å².